The zero-order valence-corrected chi connectivity index (χ0v) is 11.5. The molecule has 0 aromatic heterocycles. The summed E-state index contributed by atoms with van der Waals surface area (Å²) in [6.45, 7) is 5.62. The van der Waals surface area contributed by atoms with Gasteiger partial charge in [0.2, 0.25) is 5.91 Å². The van der Waals surface area contributed by atoms with Gasteiger partial charge in [0, 0.05) is 0 Å². The van der Waals surface area contributed by atoms with E-state index in [4.69, 9.17) is 9.84 Å². The van der Waals surface area contributed by atoms with Gasteiger partial charge in [-0.15, -0.1) is 6.58 Å². The van der Waals surface area contributed by atoms with E-state index in [0.29, 0.717) is 5.75 Å². The lowest BCUT2D eigenvalue weighted by Gasteiger charge is -2.12. The Balaban J connectivity index is 2.36. The molecule has 5 nitrogen and oxygen atoms in total. The number of carboxylic acid groups (broad SMARTS) is 1. The zero-order valence-electron chi connectivity index (χ0n) is 11.5. The number of nitrogens with one attached hydrogen (secondary N) is 1. The van der Waals surface area contributed by atoms with E-state index in [1.807, 2.05) is 31.2 Å². The van der Waals surface area contributed by atoms with Crippen molar-refractivity contribution in [1.82, 2.24) is 5.32 Å². The third-order valence-corrected chi connectivity index (χ3v) is 2.62. The molecule has 0 radical (unpaired) electrons. The number of amides is 1. The summed E-state index contributed by atoms with van der Waals surface area (Å²) in [4.78, 5) is 22.5. The summed E-state index contributed by atoms with van der Waals surface area (Å²) >= 11 is 0. The molecule has 0 bridgehead atoms. The molecule has 0 aliphatic heterocycles. The van der Waals surface area contributed by atoms with Crippen LogP contribution in [0.25, 0.3) is 0 Å². The molecular formula is C15H19NO4. The molecule has 5 heteroatoms. The topological polar surface area (TPSA) is 75.6 Å². The number of carboxylic acids is 1. The van der Waals surface area contributed by atoms with E-state index in [9.17, 15) is 9.59 Å². The molecule has 0 saturated heterocycles. The fraction of sp³-hybridized carbons (Fsp3) is 0.333. The molecule has 0 spiro atoms. The molecule has 2 N–H and O–H groups in total. The molecule has 108 valence electrons. The second-order valence-corrected chi connectivity index (χ2v) is 4.40. The van der Waals surface area contributed by atoms with Crippen molar-refractivity contribution in [3.8, 4) is 5.75 Å². The van der Waals surface area contributed by atoms with Gasteiger partial charge in [-0.2, -0.15) is 0 Å². The van der Waals surface area contributed by atoms with E-state index in [2.05, 4.69) is 11.9 Å². The number of hydrogen-bond acceptors (Lipinski definition) is 3. The second-order valence-electron chi connectivity index (χ2n) is 4.40. The van der Waals surface area contributed by atoms with E-state index < -0.39 is 12.0 Å². The molecule has 1 unspecified atom stereocenters. The van der Waals surface area contributed by atoms with Crippen LogP contribution in [0.5, 0.6) is 5.75 Å². The number of rotatable bonds is 8. The quantitative estimate of drug-likeness (QED) is 0.712. The van der Waals surface area contributed by atoms with Gasteiger partial charge in [0.15, 0.2) is 0 Å². The van der Waals surface area contributed by atoms with E-state index in [0.717, 1.165) is 5.56 Å². The highest BCUT2D eigenvalue weighted by Gasteiger charge is 2.17. The largest absolute Gasteiger partial charge is 0.493 e. The summed E-state index contributed by atoms with van der Waals surface area (Å²) < 4.78 is 5.43. The molecule has 0 aliphatic carbocycles. The van der Waals surface area contributed by atoms with Crippen LogP contribution in [0.4, 0.5) is 0 Å². The monoisotopic (exact) mass is 277 g/mol. The molecule has 1 atom stereocenters. The maximum Gasteiger partial charge on any atom is 0.326 e. The van der Waals surface area contributed by atoms with Gasteiger partial charge in [-0.1, -0.05) is 18.2 Å². The van der Waals surface area contributed by atoms with Gasteiger partial charge in [0.1, 0.15) is 11.8 Å². The van der Waals surface area contributed by atoms with Gasteiger partial charge in [0.25, 0.3) is 0 Å². The maximum atomic E-state index is 11.6. The first-order valence-electron chi connectivity index (χ1n) is 6.35. The fourth-order valence-electron chi connectivity index (χ4n) is 1.62. The predicted octanol–water partition coefficient (Wildman–Crippen LogP) is 1.91. The van der Waals surface area contributed by atoms with Crippen molar-refractivity contribution in [2.75, 3.05) is 6.61 Å². The average molecular weight is 277 g/mol. The predicted molar refractivity (Wildman–Crippen MR) is 75.7 cm³/mol. The van der Waals surface area contributed by atoms with Crippen LogP contribution in [0.1, 0.15) is 18.4 Å². The lowest BCUT2D eigenvalue weighted by molar-refractivity contribution is -0.141. The molecule has 20 heavy (non-hydrogen) atoms. The van der Waals surface area contributed by atoms with Gasteiger partial charge in [-0.25, -0.2) is 4.79 Å². The Morgan fingerprint density at radius 3 is 2.85 bits per heavy atom. The highest BCUT2D eigenvalue weighted by atomic mass is 16.5. The molecule has 1 amide bonds. The Morgan fingerprint density at radius 2 is 2.25 bits per heavy atom. The number of aliphatic carboxylic acids is 1. The fourth-order valence-corrected chi connectivity index (χ4v) is 1.62. The van der Waals surface area contributed by atoms with Crippen molar-refractivity contribution < 1.29 is 19.4 Å². The molecule has 1 rings (SSSR count). The van der Waals surface area contributed by atoms with E-state index in [1.165, 1.54) is 6.08 Å². The Morgan fingerprint density at radius 1 is 1.50 bits per heavy atom. The van der Waals surface area contributed by atoms with Crippen molar-refractivity contribution in [2.24, 2.45) is 0 Å². The van der Waals surface area contributed by atoms with Crippen LogP contribution in [-0.2, 0) is 9.59 Å². The van der Waals surface area contributed by atoms with E-state index >= 15 is 0 Å². The minimum atomic E-state index is -1.07. The Labute approximate surface area is 118 Å². The zero-order chi connectivity index (χ0) is 15.0. The summed E-state index contributed by atoms with van der Waals surface area (Å²) in [7, 11) is 0. The Kier molecular flexibility index (Phi) is 6.29. The lowest BCUT2D eigenvalue weighted by Crippen LogP contribution is -2.40. The second kappa shape index (κ2) is 7.99. The smallest absolute Gasteiger partial charge is 0.326 e. The third-order valence-electron chi connectivity index (χ3n) is 2.62. The van der Waals surface area contributed by atoms with Crippen LogP contribution >= 0.6 is 0 Å². The standard InChI is InChI=1S/C15H19NO4/c1-3-5-13(15(18)19)16-14(17)8-9-20-12-7-4-6-11(2)10-12/h3-4,6-7,10,13H,1,5,8-9H2,2H3,(H,16,17)(H,18,19). The number of benzene rings is 1. The minimum absolute atomic E-state index is 0.106. The van der Waals surface area contributed by atoms with Gasteiger partial charge in [-0.05, 0) is 31.0 Å². The van der Waals surface area contributed by atoms with Crippen LogP contribution in [0.2, 0.25) is 0 Å². The van der Waals surface area contributed by atoms with Crippen molar-refractivity contribution in [2.45, 2.75) is 25.8 Å². The Hall–Kier alpha value is -2.30. The number of carbonyl (C=O) groups excluding carboxylic acids is 1. The molecule has 0 aliphatic rings. The Bertz CT molecular complexity index is 485. The molecule has 0 fully saturated rings. The first-order valence-corrected chi connectivity index (χ1v) is 6.35. The van der Waals surface area contributed by atoms with Gasteiger partial charge in [0.05, 0.1) is 13.0 Å². The minimum Gasteiger partial charge on any atom is -0.493 e. The van der Waals surface area contributed by atoms with Gasteiger partial charge in [-0.3, -0.25) is 4.79 Å². The number of aryl methyl sites for hydroxylation is 1. The number of hydrogen-bond donors (Lipinski definition) is 2. The first-order chi connectivity index (χ1) is 9.52. The van der Waals surface area contributed by atoms with Crippen LogP contribution in [0.15, 0.2) is 36.9 Å². The van der Waals surface area contributed by atoms with Gasteiger partial charge < -0.3 is 15.2 Å². The normalized spacial score (nSPS) is 11.4. The number of carbonyl (C=O) groups is 2. The molecule has 0 saturated carbocycles. The summed E-state index contributed by atoms with van der Waals surface area (Å²) in [6.07, 6.45) is 1.76. The molecular weight excluding hydrogens is 258 g/mol. The van der Waals surface area contributed by atoms with Gasteiger partial charge >= 0.3 is 5.97 Å². The molecule has 1 aromatic carbocycles. The van der Waals surface area contributed by atoms with Crippen molar-refractivity contribution in [3.63, 3.8) is 0 Å². The number of ether oxygens (including phenoxy) is 1. The average Bonchev–Trinajstić information content (AvgIpc) is 2.38. The molecule has 0 heterocycles. The van der Waals surface area contributed by atoms with Crippen LogP contribution in [-0.4, -0.2) is 29.6 Å². The highest BCUT2D eigenvalue weighted by molar-refractivity contribution is 5.83. The maximum absolute atomic E-state index is 11.6. The first kappa shape index (κ1) is 15.8. The summed E-state index contributed by atoms with van der Waals surface area (Å²) in [5, 5.41) is 11.3. The lowest BCUT2D eigenvalue weighted by atomic mass is 10.2. The van der Waals surface area contributed by atoms with Crippen molar-refractivity contribution >= 4 is 11.9 Å². The summed E-state index contributed by atoms with van der Waals surface area (Å²) in [5.41, 5.74) is 1.07. The third kappa shape index (κ3) is 5.56. The summed E-state index contributed by atoms with van der Waals surface area (Å²) in [6, 6.07) is 6.57. The van der Waals surface area contributed by atoms with Crippen LogP contribution in [0.3, 0.4) is 0 Å². The SMILES string of the molecule is C=CCC(NC(=O)CCOc1cccc(C)c1)C(=O)O. The van der Waals surface area contributed by atoms with Crippen LogP contribution < -0.4 is 10.1 Å². The van der Waals surface area contributed by atoms with E-state index in [1.54, 1.807) is 0 Å². The highest BCUT2D eigenvalue weighted by Crippen LogP contribution is 2.12. The van der Waals surface area contributed by atoms with E-state index in [-0.39, 0.29) is 25.4 Å². The van der Waals surface area contributed by atoms with Crippen LogP contribution in [0, 0.1) is 6.92 Å². The van der Waals surface area contributed by atoms with Crippen molar-refractivity contribution in [3.05, 3.63) is 42.5 Å². The van der Waals surface area contributed by atoms with Crippen molar-refractivity contribution in [1.29, 1.82) is 0 Å². The molecule has 1 aromatic rings. The summed E-state index contributed by atoms with van der Waals surface area (Å²) in [5.74, 6) is -0.733.